The standard InChI is InChI=1S/C31H40N4O2/c1-3-21-17-23-10-7-13-27(29(23)32-25(21)4-2)34-36-19-31(15-16-31)20-37-35-28-14-8-11-24-18-22-9-5-6-12-26(22)33-30(24)28/h17-18H,3-16,19-20H2,1-2H3/b34-27+,35-28+. The van der Waals surface area contributed by atoms with Gasteiger partial charge in [-0.25, -0.2) is 0 Å². The lowest BCUT2D eigenvalue weighted by Gasteiger charge is -2.22. The predicted octanol–water partition coefficient (Wildman–Crippen LogP) is 6.07. The minimum absolute atomic E-state index is 0.0282. The summed E-state index contributed by atoms with van der Waals surface area (Å²) < 4.78 is 0. The number of oxime groups is 2. The Morgan fingerprint density at radius 3 is 1.97 bits per heavy atom. The Morgan fingerprint density at radius 2 is 1.32 bits per heavy atom. The van der Waals surface area contributed by atoms with E-state index in [9.17, 15) is 0 Å². The van der Waals surface area contributed by atoms with Crippen molar-refractivity contribution in [3.8, 4) is 0 Å². The lowest BCUT2D eigenvalue weighted by molar-refractivity contribution is 0.0316. The maximum absolute atomic E-state index is 5.96. The molecule has 0 atom stereocenters. The Morgan fingerprint density at radius 1 is 0.703 bits per heavy atom. The van der Waals surface area contributed by atoms with E-state index in [-0.39, 0.29) is 5.41 Å². The van der Waals surface area contributed by atoms with Gasteiger partial charge in [-0.05, 0) is 112 Å². The van der Waals surface area contributed by atoms with Crippen LogP contribution in [-0.2, 0) is 48.2 Å². The summed E-state index contributed by atoms with van der Waals surface area (Å²) in [6.07, 6.45) is 15.3. The van der Waals surface area contributed by atoms with E-state index in [1.165, 1.54) is 52.9 Å². The molecule has 0 unspecified atom stereocenters. The van der Waals surface area contributed by atoms with E-state index in [0.29, 0.717) is 13.2 Å². The average molecular weight is 501 g/mol. The molecule has 0 saturated heterocycles. The first-order valence-corrected chi connectivity index (χ1v) is 14.6. The second-order valence-corrected chi connectivity index (χ2v) is 11.4. The third-order valence-corrected chi connectivity index (χ3v) is 8.68. The highest BCUT2D eigenvalue weighted by Gasteiger charge is 2.45. The van der Waals surface area contributed by atoms with Crippen molar-refractivity contribution in [2.75, 3.05) is 13.2 Å². The molecule has 2 aromatic rings. The molecule has 0 amide bonds. The van der Waals surface area contributed by atoms with Gasteiger partial charge in [-0.2, -0.15) is 0 Å². The molecule has 196 valence electrons. The van der Waals surface area contributed by atoms with Gasteiger partial charge < -0.3 is 9.68 Å². The van der Waals surface area contributed by atoms with Gasteiger partial charge in [0, 0.05) is 16.8 Å². The summed E-state index contributed by atoms with van der Waals surface area (Å²) in [6.45, 7) is 5.55. The zero-order chi connectivity index (χ0) is 25.2. The second-order valence-electron chi connectivity index (χ2n) is 11.4. The minimum atomic E-state index is 0.0282. The summed E-state index contributed by atoms with van der Waals surface area (Å²) in [4.78, 5) is 22.0. The molecule has 1 fully saturated rings. The lowest BCUT2D eigenvalue weighted by atomic mass is 9.88. The number of hydrogen-bond acceptors (Lipinski definition) is 6. The summed E-state index contributed by atoms with van der Waals surface area (Å²) >= 11 is 0. The Balaban J connectivity index is 1.09. The summed E-state index contributed by atoms with van der Waals surface area (Å²) in [6, 6.07) is 4.74. The van der Waals surface area contributed by atoms with Crippen molar-refractivity contribution < 1.29 is 9.68 Å². The fourth-order valence-electron chi connectivity index (χ4n) is 6.12. The maximum atomic E-state index is 5.96. The summed E-state index contributed by atoms with van der Waals surface area (Å²) in [7, 11) is 0. The number of rotatable bonds is 8. The molecule has 0 aromatic carbocycles. The van der Waals surface area contributed by atoms with Crippen LogP contribution in [-0.4, -0.2) is 34.6 Å². The third kappa shape index (κ3) is 5.17. The summed E-state index contributed by atoms with van der Waals surface area (Å²) in [5.41, 5.74) is 12.2. The normalized spacial score (nSPS) is 21.8. The third-order valence-electron chi connectivity index (χ3n) is 8.68. The number of nitrogens with zero attached hydrogens (tertiary/aromatic N) is 4. The van der Waals surface area contributed by atoms with E-state index in [1.54, 1.807) is 0 Å². The van der Waals surface area contributed by atoms with Crippen LogP contribution in [0, 0.1) is 5.41 Å². The SMILES string of the molecule is CCc1cc2c(nc1CC)/C(=N/OCC1(CO/N=C3\CCCc4cc5c(nc43)CCCC5)CC1)CCC2. The number of fused-ring (bicyclic) bond motifs is 3. The van der Waals surface area contributed by atoms with E-state index in [1.807, 2.05) is 0 Å². The Labute approximate surface area is 220 Å². The molecule has 0 N–H and O–H groups in total. The molecule has 2 aromatic heterocycles. The van der Waals surface area contributed by atoms with Gasteiger partial charge >= 0.3 is 0 Å². The van der Waals surface area contributed by atoms with Crippen molar-refractivity contribution in [3.63, 3.8) is 0 Å². The van der Waals surface area contributed by atoms with E-state index in [0.717, 1.165) is 93.4 Å². The second kappa shape index (κ2) is 10.5. The number of aryl methyl sites for hydroxylation is 6. The summed E-state index contributed by atoms with van der Waals surface area (Å²) in [5.74, 6) is 0. The van der Waals surface area contributed by atoms with Crippen LogP contribution >= 0.6 is 0 Å². The van der Waals surface area contributed by atoms with Gasteiger partial charge in [-0.1, -0.05) is 36.3 Å². The van der Waals surface area contributed by atoms with Gasteiger partial charge in [-0.15, -0.1) is 0 Å². The monoisotopic (exact) mass is 500 g/mol. The van der Waals surface area contributed by atoms with E-state index >= 15 is 0 Å². The fraction of sp³-hybridized carbons (Fsp3) is 0.613. The predicted molar refractivity (Wildman–Crippen MR) is 146 cm³/mol. The molecule has 4 aliphatic carbocycles. The van der Waals surface area contributed by atoms with E-state index in [4.69, 9.17) is 19.6 Å². The van der Waals surface area contributed by atoms with Crippen LogP contribution in [0.4, 0.5) is 0 Å². The maximum Gasteiger partial charge on any atom is 0.126 e. The molecule has 6 heteroatoms. The first kappa shape index (κ1) is 24.6. The smallest absolute Gasteiger partial charge is 0.126 e. The van der Waals surface area contributed by atoms with Gasteiger partial charge in [0.2, 0.25) is 0 Å². The fourth-order valence-corrected chi connectivity index (χ4v) is 6.12. The minimum Gasteiger partial charge on any atom is -0.395 e. The summed E-state index contributed by atoms with van der Waals surface area (Å²) in [5, 5.41) is 9.22. The van der Waals surface area contributed by atoms with Crippen LogP contribution in [0.25, 0.3) is 0 Å². The highest BCUT2D eigenvalue weighted by molar-refractivity contribution is 6.01. The van der Waals surface area contributed by atoms with Crippen LogP contribution in [0.5, 0.6) is 0 Å². The van der Waals surface area contributed by atoms with Crippen molar-refractivity contribution >= 4 is 11.4 Å². The van der Waals surface area contributed by atoms with Crippen molar-refractivity contribution in [1.82, 2.24) is 9.97 Å². The zero-order valence-corrected chi connectivity index (χ0v) is 22.6. The number of aromatic nitrogens is 2. The van der Waals surface area contributed by atoms with Gasteiger partial charge in [0.15, 0.2) is 0 Å². The quantitative estimate of drug-likeness (QED) is 0.412. The molecule has 2 heterocycles. The van der Waals surface area contributed by atoms with Crippen molar-refractivity contribution in [2.24, 2.45) is 15.7 Å². The Bertz CT molecular complexity index is 1150. The lowest BCUT2D eigenvalue weighted by Crippen LogP contribution is -2.20. The van der Waals surface area contributed by atoms with Crippen molar-refractivity contribution in [1.29, 1.82) is 0 Å². The zero-order valence-electron chi connectivity index (χ0n) is 22.6. The number of pyridine rings is 2. The van der Waals surface area contributed by atoms with Crippen LogP contribution in [0.2, 0.25) is 0 Å². The first-order valence-electron chi connectivity index (χ1n) is 14.6. The largest absolute Gasteiger partial charge is 0.395 e. The van der Waals surface area contributed by atoms with E-state index in [2.05, 4.69) is 36.3 Å². The van der Waals surface area contributed by atoms with Crippen LogP contribution in [0.15, 0.2) is 22.4 Å². The van der Waals surface area contributed by atoms with Crippen LogP contribution in [0.1, 0.15) is 110 Å². The Kier molecular flexibility index (Phi) is 7.00. The van der Waals surface area contributed by atoms with Crippen LogP contribution in [0.3, 0.4) is 0 Å². The molecule has 37 heavy (non-hydrogen) atoms. The van der Waals surface area contributed by atoms with Crippen LogP contribution < -0.4 is 0 Å². The topological polar surface area (TPSA) is 69.0 Å². The molecule has 0 bridgehead atoms. The van der Waals surface area contributed by atoms with Gasteiger partial charge in [0.1, 0.15) is 24.6 Å². The van der Waals surface area contributed by atoms with Crippen molar-refractivity contribution in [2.45, 2.75) is 104 Å². The first-order chi connectivity index (χ1) is 18.2. The molecule has 4 aliphatic rings. The average Bonchev–Trinajstić information content (AvgIpc) is 3.71. The molecule has 0 aliphatic heterocycles. The molecule has 6 nitrogen and oxygen atoms in total. The molecular weight excluding hydrogens is 460 g/mol. The molecular formula is C31H40N4O2. The van der Waals surface area contributed by atoms with Gasteiger partial charge in [0.05, 0.1) is 11.4 Å². The van der Waals surface area contributed by atoms with Gasteiger partial charge in [0.25, 0.3) is 0 Å². The van der Waals surface area contributed by atoms with Gasteiger partial charge in [-0.3, -0.25) is 9.97 Å². The molecule has 0 radical (unpaired) electrons. The highest BCUT2D eigenvalue weighted by Crippen LogP contribution is 2.46. The number of hydrogen-bond donors (Lipinski definition) is 0. The highest BCUT2D eigenvalue weighted by atomic mass is 16.6. The van der Waals surface area contributed by atoms with E-state index < -0.39 is 0 Å². The Hall–Kier alpha value is -2.76. The molecule has 1 saturated carbocycles. The molecule has 6 rings (SSSR count). The van der Waals surface area contributed by atoms with Crippen molar-refractivity contribution in [3.05, 3.63) is 57.2 Å². The molecule has 0 spiro atoms.